The predicted octanol–water partition coefficient (Wildman–Crippen LogP) is 1.94. The van der Waals surface area contributed by atoms with Crippen LogP contribution in [0.15, 0.2) is 18.2 Å². The smallest absolute Gasteiger partial charge is 0.252 e. The second-order valence-corrected chi connectivity index (χ2v) is 6.00. The number of methoxy groups -OCH3 is 3. The summed E-state index contributed by atoms with van der Waals surface area (Å²) in [6.07, 6.45) is 3.15. The molecule has 1 saturated heterocycles. The van der Waals surface area contributed by atoms with Gasteiger partial charge in [-0.25, -0.2) is 0 Å². The Kier molecular flexibility index (Phi) is 9.03. The van der Waals surface area contributed by atoms with Gasteiger partial charge in [0.25, 0.3) is 5.91 Å². The van der Waals surface area contributed by atoms with Crippen molar-refractivity contribution < 1.29 is 19.0 Å². The zero-order valence-corrected chi connectivity index (χ0v) is 16.0. The van der Waals surface area contributed by atoms with Crippen molar-refractivity contribution in [3.8, 4) is 11.5 Å². The van der Waals surface area contributed by atoms with Crippen molar-refractivity contribution >= 4 is 18.3 Å². The lowest BCUT2D eigenvalue weighted by Gasteiger charge is -2.34. The maximum absolute atomic E-state index is 12.4. The zero-order chi connectivity index (χ0) is 17.4. The van der Waals surface area contributed by atoms with Crippen LogP contribution in [0.1, 0.15) is 24.8 Å². The Labute approximate surface area is 156 Å². The molecule has 0 aromatic heterocycles. The lowest BCUT2D eigenvalue weighted by atomic mass is 9.91. The van der Waals surface area contributed by atoms with Gasteiger partial charge in [0, 0.05) is 13.7 Å². The lowest BCUT2D eigenvalue weighted by molar-refractivity contribution is -0.146. The van der Waals surface area contributed by atoms with Gasteiger partial charge in [0.2, 0.25) is 0 Å². The average Bonchev–Trinajstić information content (AvgIpc) is 2.65. The van der Waals surface area contributed by atoms with Gasteiger partial charge in [-0.1, -0.05) is 6.07 Å². The van der Waals surface area contributed by atoms with Gasteiger partial charge in [0.05, 0.1) is 14.2 Å². The first-order valence-corrected chi connectivity index (χ1v) is 8.40. The molecular weight excluding hydrogens is 344 g/mol. The lowest BCUT2D eigenvalue weighted by Crippen LogP contribution is -2.54. The molecule has 142 valence electrons. The number of amides is 1. The van der Waals surface area contributed by atoms with Crippen molar-refractivity contribution in [1.82, 2.24) is 10.6 Å². The van der Waals surface area contributed by atoms with Crippen LogP contribution >= 0.6 is 12.4 Å². The maximum Gasteiger partial charge on any atom is 0.252 e. The summed E-state index contributed by atoms with van der Waals surface area (Å²) in [4.78, 5) is 12.4. The molecule has 0 spiro atoms. The summed E-state index contributed by atoms with van der Waals surface area (Å²) >= 11 is 0. The van der Waals surface area contributed by atoms with E-state index in [-0.39, 0.29) is 18.3 Å². The van der Waals surface area contributed by atoms with Crippen LogP contribution in [0.25, 0.3) is 0 Å². The fourth-order valence-electron chi connectivity index (χ4n) is 3.05. The third kappa shape index (κ3) is 5.49. The first kappa shape index (κ1) is 21.5. The molecule has 1 aliphatic rings. The Morgan fingerprint density at radius 2 is 1.84 bits per heavy atom. The number of rotatable bonds is 8. The summed E-state index contributed by atoms with van der Waals surface area (Å²) < 4.78 is 16.1. The molecule has 25 heavy (non-hydrogen) atoms. The SMILES string of the molecule is COc1ccc(CCCNC(=O)C2(OC)CCNCC2)cc1OC.Cl. The van der Waals surface area contributed by atoms with E-state index >= 15 is 0 Å². The van der Waals surface area contributed by atoms with E-state index < -0.39 is 5.60 Å². The van der Waals surface area contributed by atoms with Crippen LogP contribution in [0.2, 0.25) is 0 Å². The minimum atomic E-state index is -0.672. The van der Waals surface area contributed by atoms with E-state index in [0.29, 0.717) is 19.4 Å². The molecule has 1 aromatic rings. The number of ether oxygens (including phenoxy) is 3. The van der Waals surface area contributed by atoms with Crippen LogP contribution < -0.4 is 20.1 Å². The van der Waals surface area contributed by atoms with E-state index in [2.05, 4.69) is 10.6 Å². The number of aryl methyl sites for hydroxylation is 1. The number of carbonyl (C=O) groups is 1. The Balaban J connectivity index is 0.00000312. The van der Waals surface area contributed by atoms with E-state index in [1.54, 1.807) is 21.3 Å². The Morgan fingerprint density at radius 1 is 1.16 bits per heavy atom. The highest BCUT2D eigenvalue weighted by Crippen LogP contribution is 2.28. The minimum absolute atomic E-state index is 0. The summed E-state index contributed by atoms with van der Waals surface area (Å²) in [6, 6.07) is 5.90. The predicted molar refractivity (Wildman–Crippen MR) is 100.0 cm³/mol. The minimum Gasteiger partial charge on any atom is -0.493 e. The summed E-state index contributed by atoms with van der Waals surface area (Å²) in [5.41, 5.74) is 0.486. The van der Waals surface area contributed by atoms with Crippen LogP contribution in [-0.2, 0) is 16.0 Å². The molecule has 2 rings (SSSR count). The van der Waals surface area contributed by atoms with Crippen molar-refractivity contribution in [2.75, 3.05) is 41.0 Å². The molecular formula is C18H29ClN2O4. The van der Waals surface area contributed by atoms with Gasteiger partial charge >= 0.3 is 0 Å². The molecule has 0 atom stereocenters. The molecule has 1 heterocycles. The van der Waals surface area contributed by atoms with E-state index in [1.165, 1.54) is 0 Å². The van der Waals surface area contributed by atoms with Gasteiger partial charge in [0.1, 0.15) is 5.60 Å². The first-order chi connectivity index (χ1) is 11.6. The van der Waals surface area contributed by atoms with Crippen LogP contribution in [0.5, 0.6) is 11.5 Å². The average molecular weight is 373 g/mol. The van der Waals surface area contributed by atoms with Crippen molar-refractivity contribution in [2.45, 2.75) is 31.3 Å². The molecule has 1 fully saturated rings. The third-order valence-electron chi connectivity index (χ3n) is 4.59. The topological polar surface area (TPSA) is 68.8 Å². The van der Waals surface area contributed by atoms with Gasteiger partial charge in [-0.3, -0.25) is 4.79 Å². The fourth-order valence-corrected chi connectivity index (χ4v) is 3.05. The molecule has 0 radical (unpaired) electrons. The van der Waals surface area contributed by atoms with Gasteiger partial charge in [0.15, 0.2) is 11.5 Å². The van der Waals surface area contributed by atoms with Gasteiger partial charge in [-0.05, 0) is 56.5 Å². The molecule has 0 bridgehead atoms. The molecule has 7 heteroatoms. The number of benzene rings is 1. The number of hydrogen-bond acceptors (Lipinski definition) is 5. The highest BCUT2D eigenvalue weighted by atomic mass is 35.5. The number of hydrogen-bond donors (Lipinski definition) is 2. The van der Waals surface area contributed by atoms with Crippen LogP contribution in [0.4, 0.5) is 0 Å². The fraction of sp³-hybridized carbons (Fsp3) is 0.611. The molecule has 1 aliphatic heterocycles. The second-order valence-electron chi connectivity index (χ2n) is 6.00. The number of nitrogens with one attached hydrogen (secondary N) is 2. The molecule has 1 aromatic carbocycles. The number of piperidine rings is 1. The van der Waals surface area contributed by atoms with Crippen molar-refractivity contribution in [2.24, 2.45) is 0 Å². The second kappa shape index (κ2) is 10.5. The molecule has 6 nitrogen and oxygen atoms in total. The first-order valence-electron chi connectivity index (χ1n) is 8.40. The highest BCUT2D eigenvalue weighted by molar-refractivity contribution is 5.85. The molecule has 0 saturated carbocycles. The van der Waals surface area contributed by atoms with Crippen molar-refractivity contribution in [1.29, 1.82) is 0 Å². The van der Waals surface area contributed by atoms with Gasteiger partial charge in [-0.15, -0.1) is 12.4 Å². The number of carbonyl (C=O) groups excluding carboxylic acids is 1. The Hall–Kier alpha value is -1.50. The molecule has 0 unspecified atom stereocenters. The van der Waals surface area contributed by atoms with Gasteiger partial charge in [-0.2, -0.15) is 0 Å². The largest absolute Gasteiger partial charge is 0.493 e. The third-order valence-corrected chi connectivity index (χ3v) is 4.59. The normalized spacial score (nSPS) is 15.8. The van der Waals surface area contributed by atoms with E-state index in [0.717, 1.165) is 43.0 Å². The van der Waals surface area contributed by atoms with E-state index in [1.807, 2.05) is 18.2 Å². The van der Waals surface area contributed by atoms with Gasteiger partial charge < -0.3 is 24.8 Å². The molecule has 1 amide bonds. The van der Waals surface area contributed by atoms with Crippen molar-refractivity contribution in [3.63, 3.8) is 0 Å². The quantitative estimate of drug-likeness (QED) is 0.682. The summed E-state index contributed by atoms with van der Waals surface area (Å²) in [5.74, 6) is 1.45. The van der Waals surface area contributed by atoms with Crippen LogP contribution in [0.3, 0.4) is 0 Å². The standard InChI is InChI=1S/C18H28N2O4.ClH/c1-22-15-7-6-14(13-16(15)23-2)5-4-10-20-17(21)18(24-3)8-11-19-12-9-18;/h6-7,13,19H,4-5,8-12H2,1-3H3,(H,20,21);1H. The monoisotopic (exact) mass is 372 g/mol. The van der Waals surface area contributed by atoms with Crippen LogP contribution in [-0.4, -0.2) is 52.5 Å². The number of halogens is 1. The maximum atomic E-state index is 12.4. The van der Waals surface area contributed by atoms with Crippen LogP contribution in [0, 0.1) is 0 Å². The molecule has 0 aliphatic carbocycles. The highest BCUT2D eigenvalue weighted by Gasteiger charge is 2.39. The van der Waals surface area contributed by atoms with E-state index in [9.17, 15) is 4.79 Å². The summed E-state index contributed by atoms with van der Waals surface area (Å²) in [6.45, 7) is 2.26. The zero-order valence-electron chi connectivity index (χ0n) is 15.2. The molecule has 2 N–H and O–H groups in total. The summed E-state index contributed by atoms with van der Waals surface area (Å²) in [7, 11) is 4.87. The van der Waals surface area contributed by atoms with Crippen molar-refractivity contribution in [3.05, 3.63) is 23.8 Å². The van der Waals surface area contributed by atoms with E-state index in [4.69, 9.17) is 14.2 Å². The summed E-state index contributed by atoms with van der Waals surface area (Å²) in [5, 5.41) is 6.27. The Morgan fingerprint density at radius 3 is 2.44 bits per heavy atom. The Bertz CT molecular complexity index is 548.